The fourth-order valence-electron chi connectivity index (χ4n) is 4.72. The predicted octanol–water partition coefficient (Wildman–Crippen LogP) is 3.98. The average molecular weight is 458 g/mol. The van der Waals surface area contributed by atoms with Crippen LogP contribution in [0.4, 0.5) is 4.79 Å². The van der Waals surface area contributed by atoms with Gasteiger partial charge in [-0.1, -0.05) is 78.9 Å². The standard InChI is InChI=1S/C27H27N3O4/c1-30-25(15-24(34-30)18-9-3-2-4-10-18)29-26(31)16-28-27(32)33-17-23-21-13-7-5-11-19(21)20-12-6-8-14-22(20)23/h2-14,23-25H,15-17H2,1H3,(H,28,32)(H,29,31)/t24-,25+/m1/s1. The van der Waals surface area contributed by atoms with E-state index in [-0.39, 0.29) is 37.2 Å². The van der Waals surface area contributed by atoms with Gasteiger partial charge in [0.2, 0.25) is 5.91 Å². The fraction of sp³-hybridized carbons (Fsp3) is 0.259. The highest BCUT2D eigenvalue weighted by molar-refractivity contribution is 5.82. The van der Waals surface area contributed by atoms with E-state index in [1.165, 1.54) is 11.1 Å². The van der Waals surface area contributed by atoms with E-state index < -0.39 is 6.09 Å². The van der Waals surface area contributed by atoms with Crippen molar-refractivity contribution in [1.29, 1.82) is 0 Å². The number of hydroxylamine groups is 2. The van der Waals surface area contributed by atoms with Crippen molar-refractivity contribution in [2.45, 2.75) is 24.6 Å². The second-order valence-corrected chi connectivity index (χ2v) is 8.55. The highest BCUT2D eigenvalue weighted by atomic mass is 16.7. The van der Waals surface area contributed by atoms with Crippen LogP contribution in [0, 0.1) is 0 Å². The van der Waals surface area contributed by atoms with Crippen molar-refractivity contribution in [1.82, 2.24) is 15.7 Å². The van der Waals surface area contributed by atoms with E-state index >= 15 is 0 Å². The normalized spacial score (nSPS) is 19.3. The number of carbonyl (C=O) groups is 2. The molecule has 0 saturated carbocycles. The lowest BCUT2D eigenvalue weighted by atomic mass is 9.98. The maximum Gasteiger partial charge on any atom is 0.407 e. The van der Waals surface area contributed by atoms with Gasteiger partial charge in [-0.3, -0.25) is 9.63 Å². The summed E-state index contributed by atoms with van der Waals surface area (Å²) in [5.41, 5.74) is 5.69. The van der Waals surface area contributed by atoms with E-state index in [2.05, 4.69) is 34.9 Å². The van der Waals surface area contributed by atoms with Gasteiger partial charge >= 0.3 is 6.09 Å². The fourth-order valence-corrected chi connectivity index (χ4v) is 4.72. The van der Waals surface area contributed by atoms with Crippen molar-refractivity contribution < 1.29 is 19.2 Å². The smallest absolute Gasteiger partial charge is 0.407 e. The quantitative estimate of drug-likeness (QED) is 0.586. The van der Waals surface area contributed by atoms with Crippen LogP contribution in [0.1, 0.15) is 35.1 Å². The largest absolute Gasteiger partial charge is 0.449 e. The molecule has 2 N–H and O–H groups in total. The molecular formula is C27H27N3O4. The first-order valence-electron chi connectivity index (χ1n) is 11.4. The number of nitrogens with one attached hydrogen (secondary N) is 2. The first-order chi connectivity index (χ1) is 16.6. The minimum Gasteiger partial charge on any atom is -0.449 e. The van der Waals surface area contributed by atoms with Gasteiger partial charge < -0.3 is 15.4 Å². The van der Waals surface area contributed by atoms with Crippen LogP contribution >= 0.6 is 0 Å². The topological polar surface area (TPSA) is 79.9 Å². The van der Waals surface area contributed by atoms with Crippen LogP contribution in [0.2, 0.25) is 0 Å². The van der Waals surface area contributed by atoms with Gasteiger partial charge in [0.05, 0.1) is 0 Å². The van der Waals surface area contributed by atoms with Gasteiger partial charge in [-0.15, -0.1) is 0 Å². The van der Waals surface area contributed by atoms with Crippen molar-refractivity contribution in [2.75, 3.05) is 20.2 Å². The molecule has 1 fully saturated rings. The molecule has 7 heteroatoms. The summed E-state index contributed by atoms with van der Waals surface area (Å²) in [5, 5.41) is 7.09. The molecule has 1 aliphatic heterocycles. The lowest BCUT2D eigenvalue weighted by Crippen LogP contribution is -2.46. The second-order valence-electron chi connectivity index (χ2n) is 8.55. The number of alkyl carbamates (subject to hydrolysis) is 1. The highest BCUT2D eigenvalue weighted by Crippen LogP contribution is 2.44. The molecule has 0 radical (unpaired) electrons. The maximum atomic E-state index is 12.4. The van der Waals surface area contributed by atoms with Crippen LogP contribution < -0.4 is 10.6 Å². The number of ether oxygens (including phenoxy) is 1. The monoisotopic (exact) mass is 457 g/mol. The summed E-state index contributed by atoms with van der Waals surface area (Å²) in [7, 11) is 1.78. The third-order valence-corrected chi connectivity index (χ3v) is 6.41. The summed E-state index contributed by atoms with van der Waals surface area (Å²) < 4.78 is 5.49. The summed E-state index contributed by atoms with van der Waals surface area (Å²) in [6.45, 7) is 0.0381. The summed E-state index contributed by atoms with van der Waals surface area (Å²) in [6, 6.07) is 26.2. The second kappa shape index (κ2) is 9.67. The Bertz CT molecular complexity index is 1140. The molecule has 1 heterocycles. The van der Waals surface area contributed by atoms with E-state index in [0.717, 1.165) is 16.7 Å². The number of nitrogens with zero attached hydrogens (tertiary/aromatic N) is 1. The summed E-state index contributed by atoms with van der Waals surface area (Å²) >= 11 is 0. The molecule has 0 bridgehead atoms. The molecule has 5 rings (SSSR count). The number of hydrogen-bond donors (Lipinski definition) is 2. The zero-order valence-electron chi connectivity index (χ0n) is 18.9. The number of amides is 2. The van der Waals surface area contributed by atoms with Gasteiger partial charge in [0.25, 0.3) is 0 Å². The Balaban J connectivity index is 1.11. The summed E-state index contributed by atoms with van der Waals surface area (Å²) in [4.78, 5) is 30.6. The zero-order valence-corrected chi connectivity index (χ0v) is 18.9. The van der Waals surface area contributed by atoms with Crippen molar-refractivity contribution in [3.8, 4) is 11.1 Å². The van der Waals surface area contributed by atoms with E-state index in [4.69, 9.17) is 9.57 Å². The molecule has 1 saturated heterocycles. The molecule has 2 amide bonds. The Morgan fingerprint density at radius 3 is 2.24 bits per heavy atom. The third-order valence-electron chi connectivity index (χ3n) is 6.41. The molecule has 0 unspecified atom stereocenters. The maximum absolute atomic E-state index is 12.4. The van der Waals surface area contributed by atoms with Crippen LogP contribution in [-0.2, 0) is 14.4 Å². The Hall–Kier alpha value is -3.68. The first-order valence-corrected chi connectivity index (χ1v) is 11.4. The zero-order chi connectivity index (χ0) is 23.5. The SMILES string of the molecule is CN1O[C@@H](c2ccccc2)C[C@H]1NC(=O)CNC(=O)OCC1c2ccccc2-c2ccccc21. The van der Waals surface area contributed by atoms with E-state index in [1.54, 1.807) is 12.1 Å². The van der Waals surface area contributed by atoms with Crippen molar-refractivity contribution in [3.63, 3.8) is 0 Å². The van der Waals surface area contributed by atoms with Gasteiger partial charge in [0.1, 0.15) is 25.4 Å². The van der Waals surface area contributed by atoms with Crippen molar-refractivity contribution in [2.24, 2.45) is 0 Å². The Kier molecular flexibility index (Phi) is 6.29. The van der Waals surface area contributed by atoms with Gasteiger partial charge in [-0.2, -0.15) is 5.06 Å². The number of fused-ring (bicyclic) bond motifs is 3. The molecule has 1 aliphatic carbocycles. The molecule has 0 spiro atoms. The van der Waals surface area contributed by atoms with Gasteiger partial charge in [0.15, 0.2) is 0 Å². The van der Waals surface area contributed by atoms with Crippen molar-refractivity contribution in [3.05, 3.63) is 95.6 Å². The van der Waals surface area contributed by atoms with Gasteiger partial charge in [-0.05, 0) is 27.8 Å². The average Bonchev–Trinajstić information content (AvgIpc) is 3.39. The Morgan fingerprint density at radius 1 is 0.941 bits per heavy atom. The first kappa shape index (κ1) is 22.1. The van der Waals surface area contributed by atoms with Crippen LogP contribution in [0.15, 0.2) is 78.9 Å². The van der Waals surface area contributed by atoms with Gasteiger partial charge in [0, 0.05) is 19.4 Å². The van der Waals surface area contributed by atoms with Gasteiger partial charge in [-0.25, -0.2) is 4.79 Å². The highest BCUT2D eigenvalue weighted by Gasteiger charge is 2.33. The molecule has 3 aromatic carbocycles. The minimum absolute atomic E-state index is 0.0221. The molecule has 3 aromatic rings. The molecule has 34 heavy (non-hydrogen) atoms. The number of carbonyl (C=O) groups excluding carboxylic acids is 2. The Labute approximate surface area is 198 Å². The number of rotatable bonds is 6. The number of hydrogen-bond acceptors (Lipinski definition) is 5. The molecule has 2 aliphatic rings. The summed E-state index contributed by atoms with van der Waals surface area (Å²) in [6.07, 6.45) is -0.388. The molecular weight excluding hydrogens is 430 g/mol. The minimum atomic E-state index is -0.616. The van der Waals surface area contributed by atoms with Crippen molar-refractivity contribution >= 4 is 12.0 Å². The lowest BCUT2D eigenvalue weighted by Gasteiger charge is -2.19. The number of benzene rings is 3. The molecule has 7 nitrogen and oxygen atoms in total. The van der Waals surface area contributed by atoms with E-state index in [9.17, 15) is 9.59 Å². The van der Waals surface area contributed by atoms with Crippen LogP contribution in [0.3, 0.4) is 0 Å². The molecule has 0 aromatic heterocycles. The summed E-state index contributed by atoms with van der Waals surface area (Å²) in [5.74, 6) is -0.325. The van der Waals surface area contributed by atoms with Crippen LogP contribution in [-0.4, -0.2) is 43.4 Å². The van der Waals surface area contributed by atoms with Crippen LogP contribution in [0.25, 0.3) is 11.1 Å². The molecule has 174 valence electrons. The van der Waals surface area contributed by atoms with E-state index in [1.807, 2.05) is 54.6 Å². The predicted molar refractivity (Wildman–Crippen MR) is 128 cm³/mol. The molecule has 2 atom stereocenters. The van der Waals surface area contributed by atoms with Crippen LogP contribution in [0.5, 0.6) is 0 Å². The lowest BCUT2D eigenvalue weighted by molar-refractivity contribution is -0.153. The third kappa shape index (κ3) is 4.53. The Morgan fingerprint density at radius 2 is 1.56 bits per heavy atom. The van der Waals surface area contributed by atoms with E-state index in [0.29, 0.717) is 6.42 Å².